The lowest BCUT2D eigenvalue weighted by Crippen LogP contribution is -2.14. The van der Waals surface area contributed by atoms with E-state index in [1.165, 1.54) is 12.4 Å². The quantitative estimate of drug-likeness (QED) is 0.497. The highest BCUT2D eigenvalue weighted by molar-refractivity contribution is 5.82. The lowest BCUT2D eigenvalue weighted by atomic mass is 10.2. The van der Waals surface area contributed by atoms with Crippen LogP contribution in [0.5, 0.6) is 0 Å². The van der Waals surface area contributed by atoms with E-state index in [4.69, 9.17) is 0 Å². The molecule has 7 nitrogen and oxygen atoms in total. The van der Waals surface area contributed by atoms with Gasteiger partial charge in [-0.15, -0.1) is 0 Å². The summed E-state index contributed by atoms with van der Waals surface area (Å²) in [5, 5.41) is 3.34. The van der Waals surface area contributed by atoms with Gasteiger partial charge in [0, 0.05) is 5.69 Å². The van der Waals surface area contributed by atoms with Gasteiger partial charge in [-0.2, -0.15) is 0 Å². The summed E-state index contributed by atoms with van der Waals surface area (Å²) < 4.78 is 16.4. The Hall–Kier alpha value is -3.81. The number of aromatic nitrogens is 6. The van der Waals surface area contributed by atoms with Crippen molar-refractivity contribution in [1.29, 1.82) is 0 Å². The van der Waals surface area contributed by atoms with Gasteiger partial charge in [-0.05, 0) is 31.2 Å². The van der Waals surface area contributed by atoms with E-state index in [0.29, 0.717) is 33.8 Å². The molecule has 3 aromatic heterocycles. The van der Waals surface area contributed by atoms with Crippen LogP contribution in [0.4, 0.5) is 10.2 Å². The highest BCUT2D eigenvalue weighted by atomic mass is 19.1. The van der Waals surface area contributed by atoms with Crippen LogP contribution in [0.1, 0.15) is 18.8 Å². The third-order valence-electron chi connectivity index (χ3n) is 4.63. The van der Waals surface area contributed by atoms with Crippen molar-refractivity contribution in [2.24, 2.45) is 0 Å². The van der Waals surface area contributed by atoms with Crippen molar-refractivity contribution in [2.45, 2.75) is 13.0 Å². The fourth-order valence-corrected chi connectivity index (χ4v) is 3.36. The monoisotopic (exact) mass is 373 g/mol. The van der Waals surface area contributed by atoms with E-state index in [-0.39, 0.29) is 11.9 Å². The van der Waals surface area contributed by atoms with Gasteiger partial charge in [0.25, 0.3) is 0 Å². The second-order valence-corrected chi connectivity index (χ2v) is 6.44. The van der Waals surface area contributed by atoms with Gasteiger partial charge in [0.1, 0.15) is 23.2 Å². The summed E-state index contributed by atoms with van der Waals surface area (Å²) >= 11 is 0. The topological polar surface area (TPSA) is 84.3 Å². The maximum absolute atomic E-state index is 14.4. The number of benzene rings is 2. The van der Waals surface area contributed by atoms with E-state index < -0.39 is 0 Å². The van der Waals surface area contributed by atoms with Crippen molar-refractivity contribution in [2.75, 3.05) is 5.32 Å². The zero-order valence-corrected chi connectivity index (χ0v) is 15.0. The number of halogens is 1. The summed E-state index contributed by atoms with van der Waals surface area (Å²) in [6.45, 7) is 1.96. The van der Waals surface area contributed by atoms with E-state index in [1.807, 2.05) is 47.9 Å². The molecule has 0 unspecified atom stereocenters. The molecular formula is C20H16FN7. The molecule has 5 aromatic rings. The molecule has 1 atom stereocenters. The van der Waals surface area contributed by atoms with E-state index >= 15 is 0 Å². The Balaban J connectivity index is 1.66. The predicted molar refractivity (Wildman–Crippen MR) is 105 cm³/mol. The average molecular weight is 373 g/mol. The van der Waals surface area contributed by atoms with Crippen LogP contribution in [-0.4, -0.2) is 29.5 Å². The van der Waals surface area contributed by atoms with Gasteiger partial charge < -0.3 is 10.3 Å². The number of anilines is 1. The van der Waals surface area contributed by atoms with E-state index in [9.17, 15) is 4.39 Å². The van der Waals surface area contributed by atoms with Crippen molar-refractivity contribution in [3.05, 3.63) is 72.8 Å². The standard InChI is InChI=1S/C20H16FN7/c1-12(26-19-17-18(23-10-22-17)24-11-25-19)20-27-16-14(21)8-5-9-15(16)28(20)13-6-3-2-4-7-13/h2-12H,1H3,(H2,22,23,24,25,26)/t12-/m0/s1. The number of hydrogen-bond donors (Lipinski definition) is 2. The maximum Gasteiger partial charge on any atom is 0.162 e. The van der Waals surface area contributed by atoms with E-state index in [1.54, 1.807) is 12.4 Å². The Labute approximate surface area is 159 Å². The molecule has 2 N–H and O–H groups in total. The number of imidazole rings is 2. The maximum atomic E-state index is 14.4. The number of nitrogens with zero attached hydrogens (tertiary/aromatic N) is 5. The molecule has 0 spiro atoms. The zero-order valence-electron chi connectivity index (χ0n) is 15.0. The fraction of sp³-hybridized carbons (Fsp3) is 0.100. The first kappa shape index (κ1) is 16.4. The number of nitrogens with one attached hydrogen (secondary N) is 2. The van der Waals surface area contributed by atoms with Gasteiger partial charge >= 0.3 is 0 Å². The molecule has 0 aliphatic carbocycles. The minimum absolute atomic E-state index is 0.262. The van der Waals surface area contributed by atoms with Gasteiger partial charge in [0.05, 0.1) is 17.9 Å². The van der Waals surface area contributed by atoms with Crippen LogP contribution in [0.3, 0.4) is 0 Å². The Morgan fingerprint density at radius 1 is 1.00 bits per heavy atom. The first-order valence-corrected chi connectivity index (χ1v) is 8.85. The first-order chi connectivity index (χ1) is 13.7. The first-order valence-electron chi connectivity index (χ1n) is 8.85. The van der Waals surface area contributed by atoms with Crippen LogP contribution in [0.2, 0.25) is 0 Å². The number of aromatic amines is 1. The van der Waals surface area contributed by atoms with Crippen LogP contribution in [-0.2, 0) is 0 Å². The second-order valence-electron chi connectivity index (χ2n) is 6.44. The van der Waals surface area contributed by atoms with Crippen LogP contribution in [0, 0.1) is 5.82 Å². The molecule has 0 amide bonds. The minimum atomic E-state index is -0.350. The molecule has 2 aromatic carbocycles. The smallest absolute Gasteiger partial charge is 0.162 e. The molecular weight excluding hydrogens is 357 g/mol. The molecule has 0 aliphatic heterocycles. The van der Waals surface area contributed by atoms with Crippen molar-refractivity contribution in [1.82, 2.24) is 29.5 Å². The van der Waals surface area contributed by atoms with Gasteiger partial charge in [-0.3, -0.25) is 4.57 Å². The second kappa shape index (κ2) is 6.41. The van der Waals surface area contributed by atoms with Gasteiger partial charge in [-0.1, -0.05) is 24.3 Å². The summed E-state index contributed by atoms with van der Waals surface area (Å²) in [6.07, 6.45) is 3.04. The summed E-state index contributed by atoms with van der Waals surface area (Å²) in [5.74, 6) is 0.914. The molecule has 3 heterocycles. The van der Waals surface area contributed by atoms with Gasteiger partial charge in [0.2, 0.25) is 0 Å². The van der Waals surface area contributed by atoms with E-state index in [0.717, 1.165) is 5.69 Å². The van der Waals surface area contributed by atoms with Crippen molar-refractivity contribution in [3.8, 4) is 5.69 Å². The molecule has 0 aliphatic rings. The van der Waals surface area contributed by atoms with Crippen LogP contribution in [0.15, 0.2) is 61.2 Å². The van der Waals surface area contributed by atoms with Crippen molar-refractivity contribution < 1.29 is 4.39 Å². The molecule has 0 saturated carbocycles. The largest absolute Gasteiger partial charge is 0.358 e. The summed E-state index contributed by atoms with van der Waals surface area (Å²) in [4.78, 5) is 20.3. The minimum Gasteiger partial charge on any atom is -0.358 e. The molecule has 0 fully saturated rings. The van der Waals surface area contributed by atoms with E-state index in [2.05, 4.69) is 30.2 Å². The van der Waals surface area contributed by atoms with Crippen LogP contribution in [0.25, 0.3) is 27.9 Å². The molecule has 138 valence electrons. The number of rotatable bonds is 4. The molecule has 0 saturated heterocycles. The lowest BCUT2D eigenvalue weighted by molar-refractivity contribution is 0.636. The average Bonchev–Trinajstić information content (AvgIpc) is 3.34. The molecule has 0 bridgehead atoms. The number of fused-ring (bicyclic) bond motifs is 2. The normalized spacial score (nSPS) is 12.5. The van der Waals surface area contributed by atoms with Gasteiger partial charge in [0.15, 0.2) is 17.3 Å². The Morgan fingerprint density at radius 3 is 2.71 bits per heavy atom. The Morgan fingerprint density at radius 2 is 1.86 bits per heavy atom. The molecule has 28 heavy (non-hydrogen) atoms. The summed E-state index contributed by atoms with van der Waals surface area (Å²) in [7, 11) is 0. The highest BCUT2D eigenvalue weighted by Crippen LogP contribution is 2.29. The van der Waals surface area contributed by atoms with Crippen LogP contribution < -0.4 is 5.32 Å². The third-order valence-corrected chi connectivity index (χ3v) is 4.63. The molecule has 8 heteroatoms. The Bertz CT molecular complexity index is 1280. The van der Waals surface area contributed by atoms with Crippen molar-refractivity contribution in [3.63, 3.8) is 0 Å². The third kappa shape index (κ3) is 2.58. The summed E-state index contributed by atoms with van der Waals surface area (Å²) in [6, 6.07) is 14.5. The van der Waals surface area contributed by atoms with Crippen molar-refractivity contribution >= 4 is 28.0 Å². The summed E-state index contributed by atoms with van der Waals surface area (Å²) in [5.41, 5.74) is 3.24. The van der Waals surface area contributed by atoms with Crippen LogP contribution >= 0.6 is 0 Å². The van der Waals surface area contributed by atoms with Gasteiger partial charge in [-0.25, -0.2) is 24.3 Å². The fourth-order valence-electron chi connectivity index (χ4n) is 3.36. The Kier molecular flexibility index (Phi) is 3.75. The highest BCUT2D eigenvalue weighted by Gasteiger charge is 2.21. The number of hydrogen-bond acceptors (Lipinski definition) is 5. The number of H-pyrrole nitrogens is 1. The molecule has 0 radical (unpaired) electrons. The molecule has 5 rings (SSSR count). The zero-order chi connectivity index (χ0) is 19.1. The predicted octanol–water partition coefficient (Wildman–Crippen LogP) is 4.00. The lowest BCUT2D eigenvalue weighted by Gasteiger charge is -2.17. The number of para-hydroxylation sites is 2. The SMILES string of the molecule is C[C@H](Nc1ncnc2[nH]cnc12)c1nc2c(F)cccc2n1-c1ccccc1.